The van der Waals surface area contributed by atoms with E-state index in [1.807, 2.05) is 49.4 Å². The largest absolute Gasteiger partial charge is 0.493 e. The number of methoxy groups -OCH3 is 1. The number of para-hydroxylation sites is 1. The summed E-state index contributed by atoms with van der Waals surface area (Å²) in [6.07, 6.45) is 2.75. The first kappa shape index (κ1) is 20.0. The number of likely N-dealkylation sites (N-methyl/N-ethyl adjacent to an activating group) is 1. The molecule has 2 aromatic rings. The van der Waals surface area contributed by atoms with Crippen LogP contribution in [0, 0.1) is 0 Å². The van der Waals surface area contributed by atoms with Gasteiger partial charge in [-0.25, -0.2) is 4.99 Å². The standard InChI is InChI=1S/C22H24N2O3S/c1-5-16-9-7-8-10-17(16)23-22-24(3)21(25)20(28-22)14-15-11-12-18(27-6-2)19(13-15)26-4/h7-14H,5-6H2,1-4H3/b20-14+,23-22?. The first-order valence-electron chi connectivity index (χ1n) is 9.22. The Labute approximate surface area is 170 Å². The molecule has 3 rings (SSSR count). The fourth-order valence-electron chi connectivity index (χ4n) is 2.87. The highest BCUT2D eigenvalue weighted by Crippen LogP contribution is 2.35. The number of nitrogens with zero attached hydrogens (tertiary/aromatic N) is 2. The molecule has 1 aliphatic heterocycles. The van der Waals surface area contributed by atoms with Crippen LogP contribution in [-0.2, 0) is 11.2 Å². The Hall–Kier alpha value is -2.73. The Kier molecular flexibility index (Phi) is 6.41. The average Bonchev–Trinajstić information content (AvgIpc) is 2.97. The summed E-state index contributed by atoms with van der Waals surface area (Å²) in [5.74, 6) is 1.27. The minimum Gasteiger partial charge on any atom is -0.493 e. The van der Waals surface area contributed by atoms with Gasteiger partial charge in [-0.05, 0) is 60.5 Å². The van der Waals surface area contributed by atoms with E-state index in [0.29, 0.717) is 28.2 Å². The molecule has 5 nitrogen and oxygen atoms in total. The summed E-state index contributed by atoms with van der Waals surface area (Å²) in [6.45, 7) is 4.59. The molecule has 0 atom stereocenters. The van der Waals surface area contributed by atoms with Gasteiger partial charge in [0.2, 0.25) is 0 Å². The predicted molar refractivity (Wildman–Crippen MR) is 115 cm³/mol. The van der Waals surface area contributed by atoms with Crippen molar-refractivity contribution in [2.24, 2.45) is 4.99 Å². The van der Waals surface area contributed by atoms with Crippen LogP contribution in [0.4, 0.5) is 5.69 Å². The second-order valence-electron chi connectivity index (χ2n) is 6.19. The molecule has 0 bridgehead atoms. The third-order valence-electron chi connectivity index (χ3n) is 4.38. The van der Waals surface area contributed by atoms with E-state index in [1.165, 1.54) is 11.8 Å². The van der Waals surface area contributed by atoms with Gasteiger partial charge in [-0.1, -0.05) is 31.2 Å². The first-order valence-corrected chi connectivity index (χ1v) is 10.0. The maximum Gasteiger partial charge on any atom is 0.266 e. The SMILES string of the molecule is CCOc1ccc(/C=C2/SC(=Nc3ccccc3CC)N(C)C2=O)cc1OC. The topological polar surface area (TPSA) is 51.1 Å². The Morgan fingerprint density at radius 3 is 2.64 bits per heavy atom. The van der Waals surface area contributed by atoms with Crippen molar-refractivity contribution >= 4 is 34.6 Å². The van der Waals surface area contributed by atoms with Crippen LogP contribution in [0.15, 0.2) is 52.4 Å². The number of rotatable bonds is 6. The maximum atomic E-state index is 12.7. The number of aryl methyl sites for hydroxylation is 1. The van der Waals surface area contributed by atoms with E-state index in [0.717, 1.165) is 23.2 Å². The van der Waals surface area contributed by atoms with Gasteiger partial charge in [0.25, 0.3) is 5.91 Å². The van der Waals surface area contributed by atoms with E-state index < -0.39 is 0 Å². The third-order valence-corrected chi connectivity index (χ3v) is 5.44. The molecule has 1 saturated heterocycles. The fraction of sp³-hybridized carbons (Fsp3) is 0.273. The van der Waals surface area contributed by atoms with Gasteiger partial charge < -0.3 is 9.47 Å². The number of ether oxygens (including phenoxy) is 2. The van der Waals surface area contributed by atoms with Gasteiger partial charge in [-0.3, -0.25) is 9.69 Å². The molecule has 0 N–H and O–H groups in total. The number of amides is 1. The van der Waals surface area contributed by atoms with Crippen LogP contribution in [0.5, 0.6) is 11.5 Å². The summed E-state index contributed by atoms with van der Waals surface area (Å²) in [4.78, 5) is 19.6. The molecule has 1 aliphatic rings. The van der Waals surface area contributed by atoms with Crippen molar-refractivity contribution in [3.05, 3.63) is 58.5 Å². The van der Waals surface area contributed by atoms with Crippen LogP contribution >= 0.6 is 11.8 Å². The van der Waals surface area contributed by atoms with E-state index in [2.05, 4.69) is 13.0 Å². The molecule has 6 heteroatoms. The molecule has 2 aromatic carbocycles. The minimum atomic E-state index is -0.0643. The Morgan fingerprint density at radius 1 is 1.14 bits per heavy atom. The monoisotopic (exact) mass is 396 g/mol. The molecular weight excluding hydrogens is 372 g/mol. The molecule has 0 saturated carbocycles. The van der Waals surface area contributed by atoms with Gasteiger partial charge in [0.05, 0.1) is 24.3 Å². The number of thioether (sulfide) groups is 1. The number of carbonyl (C=O) groups excluding carboxylic acids is 1. The zero-order valence-corrected chi connectivity index (χ0v) is 17.4. The van der Waals surface area contributed by atoms with E-state index in [4.69, 9.17) is 14.5 Å². The summed E-state index contributed by atoms with van der Waals surface area (Å²) in [5, 5.41) is 0.676. The lowest BCUT2D eigenvalue weighted by atomic mass is 10.1. The predicted octanol–water partition coefficient (Wildman–Crippen LogP) is 4.89. The van der Waals surface area contributed by atoms with Gasteiger partial charge in [-0.15, -0.1) is 0 Å². The molecule has 1 heterocycles. The zero-order valence-electron chi connectivity index (χ0n) is 16.6. The second kappa shape index (κ2) is 8.97. The molecule has 146 valence electrons. The van der Waals surface area contributed by atoms with Gasteiger partial charge in [0.15, 0.2) is 16.7 Å². The summed E-state index contributed by atoms with van der Waals surface area (Å²) < 4.78 is 10.9. The highest BCUT2D eigenvalue weighted by atomic mass is 32.2. The number of hydrogen-bond donors (Lipinski definition) is 0. The lowest BCUT2D eigenvalue weighted by Crippen LogP contribution is -2.23. The molecule has 0 spiro atoms. The van der Waals surface area contributed by atoms with Crippen LogP contribution in [-0.4, -0.2) is 36.7 Å². The number of amidine groups is 1. The van der Waals surface area contributed by atoms with Crippen molar-refractivity contribution in [2.75, 3.05) is 20.8 Å². The Balaban J connectivity index is 1.90. The molecule has 28 heavy (non-hydrogen) atoms. The van der Waals surface area contributed by atoms with E-state index in [9.17, 15) is 4.79 Å². The third kappa shape index (κ3) is 4.22. The van der Waals surface area contributed by atoms with Gasteiger partial charge in [0, 0.05) is 7.05 Å². The van der Waals surface area contributed by atoms with Crippen LogP contribution in [0.1, 0.15) is 25.0 Å². The highest BCUT2D eigenvalue weighted by molar-refractivity contribution is 8.18. The van der Waals surface area contributed by atoms with Crippen molar-refractivity contribution < 1.29 is 14.3 Å². The second-order valence-corrected chi connectivity index (χ2v) is 7.20. The molecule has 0 aromatic heterocycles. The minimum absolute atomic E-state index is 0.0643. The smallest absolute Gasteiger partial charge is 0.266 e. The molecule has 1 fully saturated rings. The van der Waals surface area contributed by atoms with Crippen molar-refractivity contribution in [1.29, 1.82) is 0 Å². The highest BCUT2D eigenvalue weighted by Gasteiger charge is 2.30. The molecule has 0 unspecified atom stereocenters. The summed E-state index contributed by atoms with van der Waals surface area (Å²) in [7, 11) is 3.36. The van der Waals surface area contributed by atoms with Crippen LogP contribution in [0.25, 0.3) is 6.08 Å². The van der Waals surface area contributed by atoms with Crippen LogP contribution in [0.2, 0.25) is 0 Å². The van der Waals surface area contributed by atoms with Crippen molar-refractivity contribution in [2.45, 2.75) is 20.3 Å². The van der Waals surface area contributed by atoms with Crippen molar-refractivity contribution in [3.63, 3.8) is 0 Å². The van der Waals surface area contributed by atoms with Crippen molar-refractivity contribution in [1.82, 2.24) is 4.90 Å². The lowest BCUT2D eigenvalue weighted by molar-refractivity contribution is -0.121. The first-order chi connectivity index (χ1) is 13.6. The molecule has 0 radical (unpaired) electrons. The van der Waals surface area contributed by atoms with Gasteiger partial charge in [-0.2, -0.15) is 0 Å². The zero-order chi connectivity index (χ0) is 20.1. The number of carbonyl (C=O) groups is 1. The Morgan fingerprint density at radius 2 is 1.93 bits per heavy atom. The summed E-state index contributed by atoms with van der Waals surface area (Å²) in [6, 6.07) is 13.6. The molecule has 0 aliphatic carbocycles. The number of benzene rings is 2. The van der Waals surface area contributed by atoms with Gasteiger partial charge >= 0.3 is 0 Å². The fourth-order valence-corrected chi connectivity index (χ4v) is 3.85. The average molecular weight is 397 g/mol. The van der Waals surface area contributed by atoms with Crippen LogP contribution in [0.3, 0.4) is 0 Å². The summed E-state index contributed by atoms with van der Waals surface area (Å²) >= 11 is 1.38. The summed E-state index contributed by atoms with van der Waals surface area (Å²) in [5.41, 5.74) is 2.93. The quantitative estimate of drug-likeness (QED) is 0.653. The normalized spacial score (nSPS) is 16.9. The number of aliphatic imine (C=N–C) groups is 1. The lowest BCUT2D eigenvalue weighted by Gasteiger charge is -2.09. The number of hydrogen-bond acceptors (Lipinski definition) is 5. The van der Waals surface area contributed by atoms with Crippen LogP contribution < -0.4 is 9.47 Å². The van der Waals surface area contributed by atoms with E-state index in [1.54, 1.807) is 19.1 Å². The molecule has 1 amide bonds. The van der Waals surface area contributed by atoms with Crippen molar-refractivity contribution in [3.8, 4) is 11.5 Å². The maximum absolute atomic E-state index is 12.7. The molecular formula is C22H24N2O3S. The Bertz CT molecular complexity index is 937. The van der Waals surface area contributed by atoms with E-state index in [-0.39, 0.29) is 5.91 Å². The van der Waals surface area contributed by atoms with Gasteiger partial charge in [0.1, 0.15) is 0 Å². The van der Waals surface area contributed by atoms with E-state index >= 15 is 0 Å².